The Labute approximate surface area is 107 Å². The molecule has 0 amide bonds. The number of benzene rings is 1. The van der Waals surface area contributed by atoms with Crippen molar-refractivity contribution in [3.8, 4) is 0 Å². The second kappa shape index (κ2) is 5.61. The fourth-order valence-electron chi connectivity index (χ4n) is 1.95. The van der Waals surface area contributed by atoms with E-state index in [1.54, 1.807) is 0 Å². The van der Waals surface area contributed by atoms with Crippen molar-refractivity contribution in [2.75, 3.05) is 6.61 Å². The molecule has 102 valence electrons. The molecule has 0 radical (unpaired) electrons. The van der Waals surface area contributed by atoms with E-state index >= 15 is 0 Å². The van der Waals surface area contributed by atoms with Gasteiger partial charge in [0.05, 0.1) is 23.0 Å². The third-order valence-corrected chi connectivity index (χ3v) is 2.77. The lowest BCUT2D eigenvalue weighted by atomic mass is 9.79. The largest absolute Gasteiger partial charge is 0.492 e. The van der Waals surface area contributed by atoms with Crippen LogP contribution in [0.5, 0.6) is 0 Å². The van der Waals surface area contributed by atoms with Gasteiger partial charge in [0.15, 0.2) is 0 Å². The molecule has 1 atom stereocenters. The minimum absolute atomic E-state index is 0.0547. The van der Waals surface area contributed by atoms with Crippen molar-refractivity contribution in [2.45, 2.75) is 12.5 Å². The summed E-state index contributed by atoms with van der Waals surface area (Å²) in [5.74, 6) is 0. The highest BCUT2D eigenvalue weighted by molar-refractivity contribution is 6.61. The summed E-state index contributed by atoms with van der Waals surface area (Å²) in [7, 11) is -1.24. The Morgan fingerprint density at radius 3 is 2.89 bits per heavy atom. The van der Waals surface area contributed by atoms with E-state index in [0.717, 1.165) is 0 Å². The SMILES string of the molecule is O=[N+]([O-])c1ccc2c(c1)B(O)OC2CCON(O)O. The Bertz CT molecular complexity index is 484. The van der Waals surface area contributed by atoms with E-state index in [2.05, 4.69) is 4.84 Å². The lowest BCUT2D eigenvalue weighted by Crippen LogP contribution is -2.28. The quantitative estimate of drug-likeness (QED) is 0.380. The second-order valence-electron chi connectivity index (χ2n) is 3.92. The molecule has 0 aromatic heterocycles. The Hall–Kier alpha value is -1.56. The first-order chi connectivity index (χ1) is 8.99. The molecule has 10 heteroatoms. The molecular weight excluding hydrogens is 259 g/mol. The zero-order valence-electron chi connectivity index (χ0n) is 9.67. The normalized spacial score (nSPS) is 17.9. The van der Waals surface area contributed by atoms with E-state index in [-0.39, 0.29) is 18.7 Å². The Kier molecular flexibility index (Phi) is 4.09. The maximum absolute atomic E-state index is 10.6. The molecular formula is C9H11BN2O7. The smallest absolute Gasteiger partial charge is 0.423 e. The van der Waals surface area contributed by atoms with Gasteiger partial charge in [-0.3, -0.25) is 25.4 Å². The van der Waals surface area contributed by atoms with Crippen LogP contribution in [0.25, 0.3) is 0 Å². The van der Waals surface area contributed by atoms with Crippen molar-refractivity contribution >= 4 is 18.3 Å². The van der Waals surface area contributed by atoms with Crippen molar-refractivity contribution in [3.05, 3.63) is 33.9 Å². The maximum Gasteiger partial charge on any atom is 0.492 e. The average molecular weight is 270 g/mol. The summed E-state index contributed by atoms with van der Waals surface area (Å²) >= 11 is 0. The van der Waals surface area contributed by atoms with Gasteiger partial charge in [-0.2, -0.15) is 0 Å². The third kappa shape index (κ3) is 3.07. The summed E-state index contributed by atoms with van der Waals surface area (Å²) in [6.45, 7) is -0.0547. The van der Waals surface area contributed by atoms with E-state index in [0.29, 0.717) is 11.0 Å². The molecule has 0 aliphatic carbocycles. The number of nitro groups is 1. The number of hydrogen-bond donors (Lipinski definition) is 3. The van der Waals surface area contributed by atoms with Gasteiger partial charge in [-0.05, 0) is 11.0 Å². The number of fused-ring (bicyclic) bond motifs is 1. The molecule has 1 heterocycles. The monoisotopic (exact) mass is 270 g/mol. The molecule has 19 heavy (non-hydrogen) atoms. The summed E-state index contributed by atoms with van der Waals surface area (Å²) in [4.78, 5) is 14.5. The second-order valence-corrected chi connectivity index (χ2v) is 3.92. The lowest BCUT2D eigenvalue weighted by Gasteiger charge is -2.12. The Morgan fingerprint density at radius 2 is 2.26 bits per heavy atom. The molecule has 1 aromatic carbocycles. The van der Waals surface area contributed by atoms with Crippen LogP contribution in [0.1, 0.15) is 18.1 Å². The van der Waals surface area contributed by atoms with Gasteiger partial charge in [-0.1, -0.05) is 6.07 Å². The minimum atomic E-state index is -1.24. The van der Waals surface area contributed by atoms with Crippen LogP contribution in [0.4, 0.5) is 5.69 Å². The van der Waals surface area contributed by atoms with E-state index in [9.17, 15) is 15.1 Å². The van der Waals surface area contributed by atoms with Gasteiger partial charge in [-0.15, -0.1) is 0 Å². The van der Waals surface area contributed by atoms with Gasteiger partial charge in [-0.25, -0.2) is 0 Å². The summed E-state index contributed by atoms with van der Waals surface area (Å²) in [5, 5.41) is 36.6. The number of rotatable bonds is 5. The van der Waals surface area contributed by atoms with Gasteiger partial charge in [0.1, 0.15) is 0 Å². The zero-order chi connectivity index (χ0) is 14.0. The molecule has 2 rings (SSSR count). The summed E-state index contributed by atoms with van der Waals surface area (Å²) < 4.78 is 5.22. The van der Waals surface area contributed by atoms with Gasteiger partial charge in [0.2, 0.25) is 0 Å². The molecule has 0 bridgehead atoms. The molecule has 1 aliphatic heterocycles. The number of hydrogen-bond acceptors (Lipinski definition) is 8. The fraction of sp³-hybridized carbons (Fsp3) is 0.333. The van der Waals surface area contributed by atoms with Crippen LogP contribution in [0.3, 0.4) is 0 Å². The van der Waals surface area contributed by atoms with Crippen LogP contribution in [-0.4, -0.2) is 39.5 Å². The Morgan fingerprint density at radius 1 is 1.53 bits per heavy atom. The van der Waals surface area contributed by atoms with Gasteiger partial charge >= 0.3 is 7.12 Å². The van der Waals surface area contributed by atoms with E-state index < -0.39 is 23.5 Å². The van der Waals surface area contributed by atoms with Crippen LogP contribution >= 0.6 is 0 Å². The summed E-state index contributed by atoms with van der Waals surface area (Å²) in [6, 6.07) is 4.08. The van der Waals surface area contributed by atoms with Crippen molar-refractivity contribution < 1.29 is 29.9 Å². The van der Waals surface area contributed by atoms with E-state index in [1.807, 2.05) is 0 Å². The third-order valence-electron chi connectivity index (χ3n) is 2.77. The van der Waals surface area contributed by atoms with Crippen LogP contribution in [0, 0.1) is 10.1 Å². The molecule has 0 spiro atoms. The zero-order valence-corrected chi connectivity index (χ0v) is 9.67. The van der Waals surface area contributed by atoms with E-state index in [1.165, 1.54) is 18.2 Å². The average Bonchev–Trinajstić information content (AvgIpc) is 2.66. The molecule has 0 saturated carbocycles. The van der Waals surface area contributed by atoms with Gasteiger partial charge in [0.25, 0.3) is 5.69 Å². The summed E-state index contributed by atoms with van der Waals surface area (Å²) in [6.07, 6.45) is -0.273. The number of non-ortho nitro benzene ring substituents is 1. The molecule has 9 nitrogen and oxygen atoms in total. The van der Waals surface area contributed by atoms with Crippen molar-refractivity contribution in [2.24, 2.45) is 0 Å². The standard InChI is InChI=1S/C9H11BN2O7/c13-10-8-5-6(11(14)15)1-2-7(8)9(19-10)3-4-18-12(16)17/h1-2,5,9,13,16-17H,3-4H2. The molecule has 0 saturated heterocycles. The predicted molar refractivity (Wildman–Crippen MR) is 60.5 cm³/mol. The van der Waals surface area contributed by atoms with Crippen LogP contribution in [-0.2, 0) is 9.49 Å². The lowest BCUT2D eigenvalue weighted by molar-refractivity contribution is -0.492. The van der Waals surface area contributed by atoms with Gasteiger partial charge < -0.3 is 9.68 Å². The summed E-state index contributed by atoms with van der Waals surface area (Å²) in [5.41, 5.74) is 0.823. The molecule has 1 aromatic rings. The fourth-order valence-corrected chi connectivity index (χ4v) is 1.95. The highest BCUT2D eigenvalue weighted by atomic mass is 17.1. The number of nitrogens with zero attached hydrogens (tertiary/aromatic N) is 2. The highest BCUT2D eigenvalue weighted by Gasteiger charge is 2.36. The van der Waals surface area contributed by atoms with Crippen LogP contribution in [0.2, 0.25) is 0 Å². The van der Waals surface area contributed by atoms with Gasteiger partial charge in [0, 0.05) is 18.6 Å². The van der Waals surface area contributed by atoms with Crippen molar-refractivity contribution in [3.63, 3.8) is 0 Å². The molecule has 1 aliphatic rings. The first-order valence-electron chi connectivity index (χ1n) is 5.41. The van der Waals surface area contributed by atoms with Crippen LogP contribution < -0.4 is 5.46 Å². The van der Waals surface area contributed by atoms with E-state index in [4.69, 9.17) is 15.1 Å². The van der Waals surface area contributed by atoms with Crippen LogP contribution in [0.15, 0.2) is 18.2 Å². The van der Waals surface area contributed by atoms with Crippen molar-refractivity contribution in [1.29, 1.82) is 0 Å². The topological polar surface area (TPSA) is 126 Å². The maximum atomic E-state index is 10.6. The predicted octanol–water partition coefficient (Wildman–Crippen LogP) is -0.244. The first kappa shape index (κ1) is 13.9. The van der Waals surface area contributed by atoms with Crippen molar-refractivity contribution in [1.82, 2.24) is 5.39 Å². The molecule has 1 unspecified atom stereocenters. The minimum Gasteiger partial charge on any atom is -0.423 e. The first-order valence-corrected chi connectivity index (χ1v) is 5.41. The Balaban J connectivity index is 2.11. The number of nitro benzene ring substituents is 1. The molecule has 3 N–H and O–H groups in total. The molecule has 0 fully saturated rings. The highest BCUT2D eigenvalue weighted by Crippen LogP contribution is 2.28.